The van der Waals surface area contributed by atoms with Crippen LogP contribution >= 0.6 is 0 Å². The summed E-state index contributed by atoms with van der Waals surface area (Å²) in [5, 5.41) is 27.0. The van der Waals surface area contributed by atoms with Crippen LogP contribution < -0.4 is 0 Å². The summed E-state index contributed by atoms with van der Waals surface area (Å²) in [5.41, 5.74) is 1.30. The van der Waals surface area contributed by atoms with Crippen LogP contribution in [0.15, 0.2) is 6.07 Å². The molecule has 24 heavy (non-hydrogen) atoms. The van der Waals surface area contributed by atoms with E-state index >= 15 is 0 Å². The topological polar surface area (TPSA) is 98.7 Å². The number of hydrogen-bond donors (Lipinski definition) is 3. The lowest BCUT2D eigenvalue weighted by Crippen LogP contribution is -2.50. The van der Waals surface area contributed by atoms with Crippen molar-refractivity contribution in [3.63, 3.8) is 0 Å². The maximum atomic E-state index is 12.8. The molecule has 3 atom stereocenters. The zero-order chi connectivity index (χ0) is 17.9. The van der Waals surface area contributed by atoms with E-state index in [9.17, 15) is 15.0 Å². The van der Waals surface area contributed by atoms with Crippen molar-refractivity contribution in [2.45, 2.75) is 45.8 Å². The molecule has 7 heteroatoms. The molecule has 0 aliphatic carbocycles. The number of aliphatic hydroxyl groups excluding tert-OH is 2. The molecule has 0 aromatic carbocycles. The Morgan fingerprint density at radius 1 is 1.38 bits per heavy atom. The van der Waals surface area contributed by atoms with E-state index in [1.165, 1.54) is 0 Å². The molecule has 0 saturated carbocycles. The highest BCUT2D eigenvalue weighted by Gasteiger charge is 2.34. The maximum absolute atomic E-state index is 12.8. The Labute approximate surface area is 143 Å². The van der Waals surface area contributed by atoms with Gasteiger partial charge in [-0.25, -0.2) is 0 Å². The standard InChI is InChI=1S/C17H29N3O4/c1-10(2)6-20(7-12-8-24-9-15(21)16(12)22)17(23)14-5-13(11(3)4)18-19-14/h5,10-12,15-16,21-22H,6-9H2,1-4H3,(H,18,19)/t12-,15-,16+/m1/s1. The normalized spacial score (nSPS) is 24.6. The molecule has 1 fully saturated rings. The number of carbonyl (C=O) groups is 1. The van der Waals surface area contributed by atoms with Crippen LogP contribution in [0.25, 0.3) is 0 Å². The summed E-state index contributed by atoms with van der Waals surface area (Å²) >= 11 is 0. The first-order valence-electron chi connectivity index (χ1n) is 8.58. The Hall–Kier alpha value is -1.44. The minimum absolute atomic E-state index is 0.132. The van der Waals surface area contributed by atoms with Crippen molar-refractivity contribution in [1.82, 2.24) is 15.1 Å². The Kier molecular flexibility index (Phi) is 6.37. The first kappa shape index (κ1) is 18.9. The molecule has 7 nitrogen and oxygen atoms in total. The SMILES string of the molecule is CC(C)CN(C[C@@H]1COC[C@@H](O)[C@H]1O)C(=O)c1cc(C(C)C)[nH]n1. The number of aromatic nitrogens is 2. The summed E-state index contributed by atoms with van der Waals surface area (Å²) in [4.78, 5) is 14.5. The van der Waals surface area contributed by atoms with Gasteiger partial charge in [0.25, 0.3) is 5.91 Å². The zero-order valence-corrected chi connectivity index (χ0v) is 14.9. The van der Waals surface area contributed by atoms with Gasteiger partial charge in [-0.15, -0.1) is 0 Å². The van der Waals surface area contributed by atoms with Gasteiger partial charge < -0.3 is 19.8 Å². The van der Waals surface area contributed by atoms with Gasteiger partial charge in [-0.1, -0.05) is 27.7 Å². The second kappa shape index (κ2) is 8.09. The van der Waals surface area contributed by atoms with Crippen molar-refractivity contribution in [3.8, 4) is 0 Å². The first-order chi connectivity index (χ1) is 11.3. The molecule has 0 radical (unpaired) electrons. The molecule has 1 aromatic rings. The van der Waals surface area contributed by atoms with Gasteiger partial charge >= 0.3 is 0 Å². The number of H-pyrrole nitrogens is 1. The van der Waals surface area contributed by atoms with Gasteiger partial charge in [-0.2, -0.15) is 5.10 Å². The number of nitrogens with zero attached hydrogens (tertiary/aromatic N) is 2. The highest BCUT2D eigenvalue weighted by molar-refractivity contribution is 5.92. The van der Waals surface area contributed by atoms with E-state index in [1.54, 1.807) is 11.0 Å². The largest absolute Gasteiger partial charge is 0.390 e. The molecule has 2 rings (SSSR count). The summed E-state index contributed by atoms with van der Waals surface area (Å²) in [6.07, 6.45) is -1.79. The van der Waals surface area contributed by atoms with E-state index in [2.05, 4.69) is 10.2 Å². The van der Waals surface area contributed by atoms with Crippen LogP contribution in [-0.4, -0.2) is 69.7 Å². The molecule has 136 valence electrons. The lowest BCUT2D eigenvalue weighted by atomic mass is 9.95. The lowest BCUT2D eigenvalue weighted by Gasteiger charge is -2.35. The molecule has 3 N–H and O–H groups in total. The van der Waals surface area contributed by atoms with Crippen LogP contribution in [0.2, 0.25) is 0 Å². The van der Waals surface area contributed by atoms with Gasteiger partial charge in [0.15, 0.2) is 0 Å². The third-order valence-corrected chi connectivity index (χ3v) is 4.26. The quantitative estimate of drug-likeness (QED) is 0.718. The first-order valence-corrected chi connectivity index (χ1v) is 8.58. The molecule has 1 amide bonds. The Balaban J connectivity index is 2.13. The Morgan fingerprint density at radius 3 is 2.67 bits per heavy atom. The van der Waals surface area contributed by atoms with Crippen molar-refractivity contribution in [2.24, 2.45) is 11.8 Å². The molecule has 2 heterocycles. The third kappa shape index (κ3) is 4.55. The summed E-state index contributed by atoms with van der Waals surface area (Å²) < 4.78 is 5.32. The zero-order valence-electron chi connectivity index (χ0n) is 14.9. The predicted molar refractivity (Wildman–Crippen MR) is 89.7 cm³/mol. The molecule has 1 aliphatic heterocycles. The molecule has 1 aromatic heterocycles. The minimum Gasteiger partial charge on any atom is -0.390 e. The fourth-order valence-electron chi connectivity index (χ4n) is 2.88. The molecule has 1 saturated heterocycles. The van der Waals surface area contributed by atoms with E-state index in [0.29, 0.717) is 25.4 Å². The van der Waals surface area contributed by atoms with Crippen LogP contribution in [0.1, 0.15) is 49.8 Å². The fourth-order valence-corrected chi connectivity index (χ4v) is 2.88. The van der Waals surface area contributed by atoms with Crippen molar-refractivity contribution in [1.29, 1.82) is 0 Å². The van der Waals surface area contributed by atoms with E-state index < -0.39 is 12.2 Å². The van der Waals surface area contributed by atoms with Crippen LogP contribution in [0.5, 0.6) is 0 Å². The summed E-state index contributed by atoms with van der Waals surface area (Å²) in [6, 6.07) is 1.78. The molecule has 0 spiro atoms. The maximum Gasteiger partial charge on any atom is 0.274 e. The molecular weight excluding hydrogens is 310 g/mol. The van der Waals surface area contributed by atoms with E-state index in [-0.39, 0.29) is 30.3 Å². The number of carbonyl (C=O) groups excluding carboxylic acids is 1. The van der Waals surface area contributed by atoms with Crippen LogP contribution in [0, 0.1) is 11.8 Å². The third-order valence-electron chi connectivity index (χ3n) is 4.26. The predicted octanol–water partition coefficient (Wildman–Crippen LogP) is 0.999. The summed E-state index contributed by atoms with van der Waals surface area (Å²) in [6.45, 7) is 9.49. The number of aliphatic hydroxyl groups is 2. The molecular formula is C17H29N3O4. The van der Waals surface area contributed by atoms with Gasteiger partial charge in [0.05, 0.1) is 19.3 Å². The van der Waals surface area contributed by atoms with Gasteiger partial charge in [0.1, 0.15) is 11.8 Å². The van der Waals surface area contributed by atoms with E-state index in [4.69, 9.17) is 4.74 Å². The molecule has 0 unspecified atom stereocenters. The van der Waals surface area contributed by atoms with Gasteiger partial charge in [0, 0.05) is 24.7 Å². The van der Waals surface area contributed by atoms with Gasteiger partial charge in [0.2, 0.25) is 0 Å². The molecule has 0 bridgehead atoms. The number of aromatic amines is 1. The lowest BCUT2D eigenvalue weighted by molar-refractivity contribution is -0.124. The summed E-state index contributed by atoms with van der Waals surface area (Å²) in [5.74, 6) is 0.0735. The number of amides is 1. The number of rotatable bonds is 6. The van der Waals surface area contributed by atoms with Crippen molar-refractivity contribution < 1.29 is 19.7 Å². The Bertz CT molecular complexity index is 544. The van der Waals surface area contributed by atoms with Gasteiger partial charge in [-0.3, -0.25) is 9.89 Å². The van der Waals surface area contributed by atoms with Crippen LogP contribution in [0.3, 0.4) is 0 Å². The van der Waals surface area contributed by atoms with Gasteiger partial charge in [-0.05, 0) is 17.9 Å². The Morgan fingerprint density at radius 2 is 2.08 bits per heavy atom. The molecule has 1 aliphatic rings. The van der Waals surface area contributed by atoms with Crippen molar-refractivity contribution in [2.75, 3.05) is 26.3 Å². The summed E-state index contributed by atoms with van der Waals surface area (Å²) in [7, 11) is 0. The smallest absolute Gasteiger partial charge is 0.274 e. The van der Waals surface area contributed by atoms with E-state index in [1.807, 2.05) is 27.7 Å². The highest BCUT2D eigenvalue weighted by atomic mass is 16.5. The van der Waals surface area contributed by atoms with Crippen LogP contribution in [-0.2, 0) is 4.74 Å². The second-order valence-corrected chi connectivity index (χ2v) is 7.32. The second-order valence-electron chi connectivity index (χ2n) is 7.32. The average Bonchev–Trinajstić information content (AvgIpc) is 3.00. The highest BCUT2D eigenvalue weighted by Crippen LogP contribution is 2.19. The monoisotopic (exact) mass is 339 g/mol. The minimum atomic E-state index is -0.905. The van der Waals surface area contributed by atoms with Crippen molar-refractivity contribution in [3.05, 3.63) is 17.5 Å². The number of hydrogen-bond acceptors (Lipinski definition) is 5. The van der Waals surface area contributed by atoms with Crippen molar-refractivity contribution >= 4 is 5.91 Å². The van der Waals surface area contributed by atoms with E-state index in [0.717, 1.165) is 5.69 Å². The average molecular weight is 339 g/mol. The fraction of sp³-hybridized carbons (Fsp3) is 0.765. The number of nitrogens with one attached hydrogen (secondary N) is 1. The number of ether oxygens (including phenoxy) is 1. The van der Waals surface area contributed by atoms with Crippen LogP contribution in [0.4, 0.5) is 0 Å².